The van der Waals surface area contributed by atoms with E-state index in [1.54, 1.807) is 0 Å². The summed E-state index contributed by atoms with van der Waals surface area (Å²) >= 11 is 0. The first kappa shape index (κ1) is 14.1. The van der Waals surface area contributed by atoms with Gasteiger partial charge in [0.2, 0.25) is 0 Å². The van der Waals surface area contributed by atoms with Crippen LogP contribution >= 0.6 is 0 Å². The molecule has 1 N–H and O–H groups in total. The summed E-state index contributed by atoms with van der Waals surface area (Å²) in [6.07, 6.45) is 0. The summed E-state index contributed by atoms with van der Waals surface area (Å²) in [5, 5.41) is 9.78. The number of para-hydroxylation sites is 1. The molecule has 4 heteroatoms. The highest BCUT2D eigenvalue weighted by Crippen LogP contribution is 2.26. The molecule has 0 fully saturated rings. The van der Waals surface area contributed by atoms with Gasteiger partial charge in [-0.25, -0.2) is 0 Å². The van der Waals surface area contributed by atoms with Crippen LogP contribution in [-0.2, 0) is 4.74 Å². The first-order valence-electron chi connectivity index (χ1n) is 6.59. The van der Waals surface area contributed by atoms with Gasteiger partial charge in [0.05, 0.1) is 25.9 Å². The van der Waals surface area contributed by atoms with Crippen molar-refractivity contribution in [1.29, 1.82) is 0 Å². The summed E-state index contributed by atoms with van der Waals surface area (Å²) in [7, 11) is 2.04. The Morgan fingerprint density at radius 3 is 2.84 bits per heavy atom. The van der Waals surface area contributed by atoms with Crippen LogP contribution in [0.3, 0.4) is 0 Å². The van der Waals surface area contributed by atoms with Crippen molar-refractivity contribution >= 4 is 11.0 Å². The second-order valence-corrected chi connectivity index (χ2v) is 4.68. The smallest absolute Gasteiger partial charge is 0.134 e. The number of aliphatic hydroxyl groups is 1. The molecule has 0 aliphatic rings. The van der Waals surface area contributed by atoms with Crippen LogP contribution in [0, 0.1) is 0 Å². The molecule has 2 aromatic rings. The molecule has 0 amide bonds. The number of aliphatic hydroxyl groups excluding tert-OH is 1. The third-order valence-corrected chi connectivity index (χ3v) is 3.34. The Kier molecular flexibility index (Phi) is 4.96. The molecule has 4 nitrogen and oxygen atoms in total. The number of furan rings is 1. The summed E-state index contributed by atoms with van der Waals surface area (Å²) in [4.78, 5) is 2.18. The summed E-state index contributed by atoms with van der Waals surface area (Å²) in [6, 6.07) is 10.3. The number of hydrogen-bond acceptors (Lipinski definition) is 4. The zero-order chi connectivity index (χ0) is 13.7. The van der Waals surface area contributed by atoms with Crippen LogP contribution in [0.1, 0.15) is 18.7 Å². The van der Waals surface area contributed by atoms with E-state index in [0.717, 1.165) is 23.3 Å². The maximum Gasteiger partial charge on any atom is 0.134 e. The topological polar surface area (TPSA) is 45.8 Å². The molecule has 1 aromatic carbocycles. The average Bonchev–Trinajstić information content (AvgIpc) is 2.86. The lowest BCUT2D eigenvalue weighted by atomic mass is 10.2. The lowest BCUT2D eigenvalue weighted by Crippen LogP contribution is -2.26. The molecule has 0 saturated carbocycles. The Hall–Kier alpha value is -1.36. The molecule has 1 heterocycles. The van der Waals surface area contributed by atoms with Gasteiger partial charge in [-0.2, -0.15) is 0 Å². The Morgan fingerprint density at radius 2 is 2.11 bits per heavy atom. The van der Waals surface area contributed by atoms with E-state index in [2.05, 4.69) is 24.0 Å². The summed E-state index contributed by atoms with van der Waals surface area (Å²) in [5.74, 6) is 0.964. The molecule has 104 valence electrons. The van der Waals surface area contributed by atoms with E-state index in [9.17, 15) is 0 Å². The zero-order valence-electron chi connectivity index (χ0n) is 11.5. The minimum atomic E-state index is 0.0723. The standard InChI is InChI=1S/C15H21NO3/c1-12(16(2)7-9-18-10-8-17)15-11-13-5-3-4-6-14(13)19-15/h3-6,11-12,17H,7-10H2,1-2H3. The fourth-order valence-corrected chi connectivity index (χ4v) is 1.99. The molecule has 0 aliphatic heterocycles. The van der Waals surface area contributed by atoms with Crippen molar-refractivity contribution in [3.05, 3.63) is 36.1 Å². The number of benzene rings is 1. The minimum Gasteiger partial charge on any atom is -0.459 e. The van der Waals surface area contributed by atoms with Crippen molar-refractivity contribution < 1.29 is 14.3 Å². The number of likely N-dealkylation sites (N-methyl/N-ethyl adjacent to an activating group) is 1. The van der Waals surface area contributed by atoms with Crippen molar-refractivity contribution in [3.8, 4) is 0 Å². The van der Waals surface area contributed by atoms with E-state index >= 15 is 0 Å². The second-order valence-electron chi connectivity index (χ2n) is 4.68. The van der Waals surface area contributed by atoms with Gasteiger partial charge in [0.1, 0.15) is 11.3 Å². The van der Waals surface area contributed by atoms with Crippen molar-refractivity contribution in [2.24, 2.45) is 0 Å². The molecular weight excluding hydrogens is 242 g/mol. The van der Waals surface area contributed by atoms with Crippen molar-refractivity contribution in [2.75, 3.05) is 33.4 Å². The highest BCUT2D eigenvalue weighted by atomic mass is 16.5. The molecule has 0 aliphatic carbocycles. The van der Waals surface area contributed by atoms with Crippen molar-refractivity contribution in [1.82, 2.24) is 4.90 Å². The normalized spacial score (nSPS) is 13.3. The number of nitrogens with zero attached hydrogens (tertiary/aromatic N) is 1. The zero-order valence-corrected chi connectivity index (χ0v) is 11.5. The maximum atomic E-state index is 8.65. The van der Waals surface area contributed by atoms with Gasteiger partial charge in [0.25, 0.3) is 0 Å². The number of hydrogen-bond donors (Lipinski definition) is 1. The van der Waals surface area contributed by atoms with Crippen molar-refractivity contribution in [2.45, 2.75) is 13.0 Å². The summed E-state index contributed by atoms with van der Waals surface area (Å²) in [5.41, 5.74) is 0.925. The summed E-state index contributed by atoms with van der Waals surface area (Å²) < 4.78 is 11.1. The predicted molar refractivity (Wildman–Crippen MR) is 75.2 cm³/mol. The van der Waals surface area contributed by atoms with Gasteiger partial charge in [0.15, 0.2) is 0 Å². The van der Waals surface area contributed by atoms with Crippen LogP contribution in [0.5, 0.6) is 0 Å². The quantitative estimate of drug-likeness (QED) is 0.779. The van der Waals surface area contributed by atoms with Crippen LogP contribution in [0.2, 0.25) is 0 Å². The number of fused-ring (bicyclic) bond motifs is 1. The van der Waals surface area contributed by atoms with Gasteiger partial charge in [-0.1, -0.05) is 18.2 Å². The van der Waals surface area contributed by atoms with E-state index in [1.807, 2.05) is 25.2 Å². The van der Waals surface area contributed by atoms with Crippen molar-refractivity contribution in [3.63, 3.8) is 0 Å². The second kappa shape index (κ2) is 6.70. The first-order valence-corrected chi connectivity index (χ1v) is 6.59. The molecule has 1 aromatic heterocycles. The average molecular weight is 263 g/mol. The molecule has 0 radical (unpaired) electrons. The first-order chi connectivity index (χ1) is 9.22. The van der Waals surface area contributed by atoms with Crippen LogP contribution in [0.25, 0.3) is 11.0 Å². The molecule has 0 bridgehead atoms. The number of rotatable bonds is 7. The monoisotopic (exact) mass is 263 g/mol. The molecule has 0 saturated heterocycles. The number of ether oxygens (including phenoxy) is 1. The SMILES string of the molecule is CC(c1cc2ccccc2o1)N(C)CCOCCO. The van der Waals surface area contributed by atoms with Gasteiger partial charge in [-0.3, -0.25) is 4.90 Å². The van der Waals surface area contributed by atoms with Crippen LogP contribution in [-0.4, -0.2) is 43.4 Å². The lowest BCUT2D eigenvalue weighted by molar-refractivity contribution is 0.0700. The van der Waals surface area contributed by atoms with Crippen LogP contribution < -0.4 is 0 Å². The Labute approximate surface area is 113 Å². The fourth-order valence-electron chi connectivity index (χ4n) is 1.99. The van der Waals surface area contributed by atoms with Gasteiger partial charge in [-0.05, 0) is 26.1 Å². The third kappa shape index (κ3) is 3.56. The largest absolute Gasteiger partial charge is 0.459 e. The van der Waals surface area contributed by atoms with E-state index < -0.39 is 0 Å². The van der Waals surface area contributed by atoms with Gasteiger partial charge in [0, 0.05) is 11.9 Å². The van der Waals surface area contributed by atoms with E-state index in [-0.39, 0.29) is 12.6 Å². The Balaban J connectivity index is 1.96. The minimum absolute atomic E-state index is 0.0723. The Bertz CT molecular complexity index is 476. The molecule has 1 unspecified atom stereocenters. The molecule has 2 rings (SSSR count). The molecular formula is C15H21NO3. The fraction of sp³-hybridized carbons (Fsp3) is 0.467. The Morgan fingerprint density at radius 1 is 1.32 bits per heavy atom. The molecule has 19 heavy (non-hydrogen) atoms. The molecule has 0 spiro atoms. The highest BCUT2D eigenvalue weighted by Gasteiger charge is 2.15. The van der Waals surface area contributed by atoms with E-state index in [0.29, 0.717) is 13.2 Å². The van der Waals surface area contributed by atoms with Gasteiger partial charge < -0.3 is 14.3 Å². The molecule has 1 atom stereocenters. The van der Waals surface area contributed by atoms with Crippen LogP contribution in [0.15, 0.2) is 34.7 Å². The highest BCUT2D eigenvalue weighted by molar-refractivity contribution is 5.77. The van der Waals surface area contributed by atoms with Crippen LogP contribution in [0.4, 0.5) is 0 Å². The van der Waals surface area contributed by atoms with E-state index in [1.165, 1.54) is 0 Å². The summed E-state index contributed by atoms with van der Waals surface area (Å²) in [6.45, 7) is 4.00. The third-order valence-electron chi connectivity index (χ3n) is 3.34. The maximum absolute atomic E-state index is 8.65. The van der Waals surface area contributed by atoms with E-state index in [4.69, 9.17) is 14.3 Å². The lowest BCUT2D eigenvalue weighted by Gasteiger charge is -2.22. The van der Waals surface area contributed by atoms with Gasteiger partial charge in [-0.15, -0.1) is 0 Å². The van der Waals surface area contributed by atoms with Gasteiger partial charge >= 0.3 is 0 Å². The predicted octanol–water partition coefficient (Wildman–Crippen LogP) is 2.43.